The van der Waals surface area contributed by atoms with Crippen LogP contribution in [-0.4, -0.2) is 23.3 Å². The first-order valence-corrected chi connectivity index (χ1v) is 3.89. The van der Waals surface area contributed by atoms with E-state index in [0.717, 1.165) is 18.8 Å². The van der Waals surface area contributed by atoms with Crippen LogP contribution in [-0.2, 0) is 0 Å². The second-order valence-electron chi connectivity index (χ2n) is 2.82. The number of anilines is 1. The average Bonchev–Trinajstić information content (AvgIpc) is 2.55. The van der Waals surface area contributed by atoms with Crippen molar-refractivity contribution in [3.8, 4) is 0 Å². The van der Waals surface area contributed by atoms with Crippen molar-refractivity contribution in [2.45, 2.75) is 12.8 Å². The van der Waals surface area contributed by atoms with Gasteiger partial charge in [-0.3, -0.25) is 9.89 Å². The summed E-state index contributed by atoms with van der Waals surface area (Å²) >= 11 is 0. The van der Waals surface area contributed by atoms with Crippen LogP contribution in [0.1, 0.15) is 12.8 Å². The maximum Gasteiger partial charge on any atom is 0.287 e. The second-order valence-corrected chi connectivity index (χ2v) is 2.82. The highest BCUT2D eigenvalue weighted by Gasteiger charge is 2.14. The van der Waals surface area contributed by atoms with Crippen molar-refractivity contribution in [1.29, 1.82) is 0 Å². The number of aromatic nitrogens is 2. The molecule has 0 amide bonds. The van der Waals surface area contributed by atoms with Gasteiger partial charge in [-0.2, -0.15) is 0 Å². The zero-order valence-corrected chi connectivity index (χ0v) is 6.26. The zero-order valence-electron chi connectivity index (χ0n) is 6.26. The third-order valence-corrected chi connectivity index (χ3v) is 2.07. The van der Waals surface area contributed by atoms with E-state index in [1.807, 2.05) is 0 Å². The van der Waals surface area contributed by atoms with E-state index in [1.165, 1.54) is 12.8 Å². The molecule has 1 aliphatic rings. The molecule has 0 spiro atoms. The van der Waals surface area contributed by atoms with Gasteiger partial charge in [0.15, 0.2) is 0 Å². The Hall–Kier alpha value is -1.19. The monoisotopic (exact) mass is 153 g/mol. The van der Waals surface area contributed by atoms with Gasteiger partial charge >= 0.3 is 0 Å². The van der Waals surface area contributed by atoms with E-state index < -0.39 is 0 Å². The Balaban J connectivity index is 2.28. The van der Waals surface area contributed by atoms with Crippen LogP contribution >= 0.6 is 0 Å². The summed E-state index contributed by atoms with van der Waals surface area (Å²) in [6.45, 7) is 2.03. The van der Waals surface area contributed by atoms with Crippen LogP contribution in [0.4, 0.5) is 5.69 Å². The molecule has 4 heteroatoms. The lowest BCUT2D eigenvalue weighted by Crippen LogP contribution is -2.22. The molecule has 1 saturated heterocycles. The van der Waals surface area contributed by atoms with Gasteiger partial charge in [-0.25, -0.2) is 0 Å². The van der Waals surface area contributed by atoms with Gasteiger partial charge in [-0.05, 0) is 12.8 Å². The number of nitrogens with zero attached hydrogens (tertiary/aromatic N) is 1. The highest BCUT2D eigenvalue weighted by molar-refractivity contribution is 5.42. The molecule has 1 aromatic heterocycles. The normalized spacial score (nSPS) is 17.6. The van der Waals surface area contributed by atoms with Crippen molar-refractivity contribution in [2.75, 3.05) is 18.0 Å². The van der Waals surface area contributed by atoms with Gasteiger partial charge in [0.2, 0.25) is 0 Å². The van der Waals surface area contributed by atoms with Crippen LogP contribution < -0.4 is 10.5 Å². The maximum absolute atomic E-state index is 11.1. The van der Waals surface area contributed by atoms with Crippen LogP contribution in [0.2, 0.25) is 0 Å². The summed E-state index contributed by atoms with van der Waals surface area (Å²) in [6.07, 6.45) is 4.13. The maximum atomic E-state index is 11.1. The Bertz CT molecular complexity index is 282. The molecule has 0 unspecified atom stereocenters. The molecule has 1 aliphatic heterocycles. The largest absolute Gasteiger partial charge is 0.366 e. The van der Waals surface area contributed by atoms with Crippen LogP contribution in [0.25, 0.3) is 0 Å². The summed E-state index contributed by atoms with van der Waals surface area (Å²) in [5, 5.41) is 5.22. The van der Waals surface area contributed by atoms with Crippen LogP contribution in [0.3, 0.4) is 0 Å². The standard InChI is InChI=1S/C7H11N3O/c11-7-6(5-8-9-7)10-3-1-2-4-10/h5H,1-4H2,(H2,8,9,11). The van der Waals surface area contributed by atoms with E-state index in [9.17, 15) is 4.79 Å². The molecule has 2 rings (SSSR count). The summed E-state index contributed by atoms with van der Waals surface area (Å²) < 4.78 is 0. The summed E-state index contributed by atoms with van der Waals surface area (Å²) in [5.74, 6) is 0. The van der Waals surface area contributed by atoms with Gasteiger partial charge in [0.05, 0.1) is 0 Å². The Morgan fingerprint density at radius 3 is 2.64 bits per heavy atom. The average molecular weight is 153 g/mol. The van der Waals surface area contributed by atoms with Crippen LogP contribution in [0.5, 0.6) is 0 Å². The minimum absolute atomic E-state index is 0.00750. The SMILES string of the molecule is O=c1[nH][nH]cc1N1CCCC1. The molecule has 0 bridgehead atoms. The molecule has 1 aromatic rings. The predicted molar refractivity (Wildman–Crippen MR) is 42.9 cm³/mol. The minimum atomic E-state index is -0.00750. The van der Waals surface area contributed by atoms with Crippen molar-refractivity contribution in [1.82, 2.24) is 10.2 Å². The lowest BCUT2D eigenvalue weighted by molar-refractivity contribution is 0.949. The van der Waals surface area contributed by atoms with Crippen molar-refractivity contribution in [3.05, 3.63) is 16.6 Å². The van der Waals surface area contributed by atoms with E-state index >= 15 is 0 Å². The summed E-state index contributed by atoms with van der Waals surface area (Å²) in [5.41, 5.74) is 0.773. The molecular weight excluding hydrogens is 142 g/mol. The molecule has 2 heterocycles. The molecule has 4 nitrogen and oxygen atoms in total. The molecule has 1 fully saturated rings. The van der Waals surface area contributed by atoms with Crippen molar-refractivity contribution < 1.29 is 0 Å². The number of hydrogen-bond donors (Lipinski definition) is 2. The molecule has 0 saturated carbocycles. The Kier molecular flexibility index (Phi) is 1.45. The molecule has 0 aromatic carbocycles. The van der Waals surface area contributed by atoms with Crippen LogP contribution in [0.15, 0.2) is 11.0 Å². The molecule has 2 N–H and O–H groups in total. The number of aromatic amines is 2. The summed E-state index contributed by atoms with van der Waals surface area (Å²) in [6, 6.07) is 0. The fraction of sp³-hybridized carbons (Fsp3) is 0.571. The molecule has 0 aliphatic carbocycles. The molecule has 60 valence electrons. The second kappa shape index (κ2) is 2.45. The van der Waals surface area contributed by atoms with E-state index in [1.54, 1.807) is 6.20 Å². The van der Waals surface area contributed by atoms with Crippen molar-refractivity contribution >= 4 is 5.69 Å². The molecule has 0 radical (unpaired) electrons. The fourth-order valence-corrected chi connectivity index (χ4v) is 1.49. The van der Waals surface area contributed by atoms with E-state index in [4.69, 9.17) is 0 Å². The number of rotatable bonds is 1. The molecule has 11 heavy (non-hydrogen) atoms. The Morgan fingerprint density at radius 2 is 2.09 bits per heavy atom. The third kappa shape index (κ3) is 1.04. The molecule has 0 atom stereocenters. The van der Waals surface area contributed by atoms with Crippen molar-refractivity contribution in [3.63, 3.8) is 0 Å². The highest BCUT2D eigenvalue weighted by Crippen LogP contribution is 2.13. The van der Waals surface area contributed by atoms with Gasteiger partial charge in [0.1, 0.15) is 5.69 Å². The van der Waals surface area contributed by atoms with Crippen LogP contribution in [0, 0.1) is 0 Å². The van der Waals surface area contributed by atoms with E-state index in [-0.39, 0.29) is 5.56 Å². The zero-order chi connectivity index (χ0) is 7.68. The lowest BCUT2D eigenvalue weighted by Gasteiger charge is -2.12. The minimum Gasteiger partial charge on any atom is -0.366 e. The Labute approximate surface area is 64.2 Å². The van der Waals surface area contributed by atoms with Gasteiger partial charge in [0, 0.05) is 19.3 Å². The van der Waals surface area contributed by atoms with Gasteiger partial charge in [-0.15, -0.1) is 0 Å². The van der Waals surface area contributed by atoms with Crippen molar-refractivity contribution in [2.24, 2.45) is 0 Å². The predicted octanol–water partition coefficient (Wildman–Crippen LogP) is 0.303. The number of H-pyrrole nitrogens is 2. The van der Waals surface area contributed by atoms with Gasteiger partial charge in [0.25, 0.3) is 5.56 Å². The smallest absolute Gasteiger partial charge is 0.287 e. The summed E-state index contributed by atoms with van der Waals surface area (Å²) in [4.78, 5) is 13.2. The quantitative estimate of drug-likeness (QED) is 0.609. The van der Waals surface area contributed by atoms with E-state index in [0.29, 0.717) is 0 Å². The molecular formula is C7H11N3O. The number of nitrogens with one attached hydrogen (secondary N) is 2. The van der Waals surface area contributed by atoms with E-state index in [2.05, 4.69) is 15.1 Å². The first-order chi connectivity index (χ1) is 5.38. The Morgan fingerprint density at radius 1 is 1.36 bits per heavy atom. The highest BCUT2D eigenvalue weighted by atomic mass is 16.1. The fourth-order valence-electron chi connectivity index (χ4n) is 1.49. The van der Waals surface area contributed by atoms with Gasteiger partial charge in [-0.1, -0.05) is 0 Å². The number of hydrogen-bond acceptors (Lipinski definition) is 2. The topological polar surface area (TPSA) is 51.9 Å². The summed E-state index contributed by atoms with van der Waals surface area (Å²) in [7, 11) is 0. The lowest BCUT2D eigenvalue weighted by atomic mass is 10.4. The third-order valence-electron chi connectivity index (χ3n) is 2.07. The first kappa shape index (κ1) is 6.52. The van der Waals surface area contributed by atoms with Gasteiger partial charge < -0.3 is 10.00 Å². The first-order valence-electron chi connectivity index (χ1n) is 3.89.